The van der Waals surface area contributed by atoms with Crippen LogP contribution < -0.4 is 0 Å². The SMILES string of the molecule is O=C(c1ccc2ccccc2c1)N1CCN(S(=O)(=O)C2CC2)CC1. The monoisotopic (exact) mass is 344 g/mol. The zero-order valence-corrected chi connectivity index (χ0v) is 14.2. The third-order valence-electron chi connectivity index (χ3n) is 4.83. The highest BCUT2D eigenvalue weighted by Crippen LogP contribution is 2.31. The topological polar surface area (TPSA) is 57.7 Å². The predicted octanol–water partition coefficient (Wildman–Crippen LogP) is 2.09. The molecule has 1 heterocycles. The largest absolute Gasteiger partial charge is 0.336 e. The van der Waals surface area contributed by atoms with Crippen molar-refractivity contribution in [2.24, 2.45) is 0 Å². The summed E-state index contributed by atoms with van der Waals surface area (Å²) >= 11 is 0. The molecule has 24 heavy (non-hydrogen) atoms. The van der Waals surface area contributed by atoms with E-state index in [1.807, 2.05) is 42.5 Å². The molecule has 2 aliphatic rings. The Bertz CT molecular complexity index is 882. The number of carbonyl (C=O) groups is 1. The lowest BCUT2D eigenvalue weighted by Crippen LogP contribution is -2.51. The number of amides is 1. The fraction of sp³-hybridized carbons (Fsp3) is 0.389. The first kappa shape index (κ1) is 15.6. The van der Waals surface area contributed by atoms with Crippen molar-refractivity contribution >= 4 is 26.7 Å². The molecule has 1 amide bonds. The third-order valence-corrected chi connectivity index (χ3v) is 7.23. The first-order valence-electron chi connectivity index (χ1n) is 8.33. The molecule has 0 aromatic heterocycles. The summed E-state index contributed by atoms with van der Waals surface area (Å²) in [6.07, 6.45) is 1.55. The van der Waals surface area contributed by atoms with Crippen molar-refractivity contribution in [1.29, 1.82) is 0 Å². The summed E-state index contributed by atoms with van der Waals surface area (Å²) in [4.78, 5) is 14.5. The predicted molar refractivity (Wildman–Crippen MR) is 93.4 cm³/mol. The minimum atomic E-state index is -3.14. The molecule has 2 fully saturated rings. The molecule has 1 saturated carbocycles. The van der Waals surface area contributed by atoms with E-state index in [9.17, 15) is 13.2 Å². The van der Waals surface area contributed by atoms with Gasteiger partial charge in [-0.2, -0.15) is 4.31 Å². The first-order valence-corrected chi connectivity index (χ1v) is 9.83. The van der Waals surface area contributed by atoms with Crippen LogP contribution in [0, 0.1) is 0 Å². The lowest BCUT2D eigenvalue weighted by molar-refractivity contribution is 0.0698. The maximum Gasteiger partial charge on any atom is 0.253 e. The van der Waals surface area contributed by atoms with Crippen molar-refractivity contribution in [3.8, 4) is 0 Å². The molecule has 1 saturated heterocycles. The van der Waals surface area contributed by atoms with E-state index in [4.69, 9.17) is 0 Å². The Balaban J connectivity index is 1.47. The second-order valence-electron chi connectivity index (χ2n) is 6.50. The van der Waals surface area contributed by atoms with Gasteiger partial charge in [-0.25, -0.2) is 8.42 Å². The third kappa shape index (κ3) is 2.80. The number of sulfonamides is 1. The van der Waals surface area contributed by atoms with Gasteiger partial charge in [-0.15, -0.1) is 0 Å². The van der Waals surface area contributed by atoms with Gasteiger partial charge in [0.25, 0.3) is 5.91 Å². The standard InChI is InChI=1S/C18H20N2O3S/c21-18(16-6-5-14-3-1-2-4-15(14)13-16)19-9-11-20(12-10-19)24(22,23)17-7-8-17/h1-6,13,17H,7-12H2. The fourth-order valence-electron chi connectivity index (χ4n) is 3.23. The van der Waals surface area contributed by atoms with Gasteiger partial charge in [0.05, 0.1) is 5.25 Å². The Hall–Kier alpha value is -1.92. The Kier molecular flexibility index (Phi) is 3.81. The molecule has 0 bridgehead atoms. The van der Waals surface area contributed by atoms with E-state index in [1.54, 1.807) is 9.21 Å². The van der Waals surface area contributed by atoms with E-state index in [1.165, 1.54) is 0 Å². The minimum Gasteiger partial charge on any atom is -0.336 e. The van der Waals surface area contributed by atoms with Crippen LogP contribution in [0.1, 0.15) is 23.2 Å². The number of nitrogens with zero attached hydrogens (tertiary/aromatic N) is 2. The first-order chi connectivity index (χ1) is 11.6. The average molecular weight is 344 g/mol. The van der Waals surface area contributed by atoms with E-state index in [0.29, 0.717) is 31.7 Å². The van der Waals surface area contributed by atoms with Gasteiger partial charge in [0.1, 0.15) is 0 Å². The van der Waals surface area contributed by atoms with Gasteiger partial charge in [-0.05, 0) is 35.7 Å². The van der Waals surface area contributed by atoms with Gasteiger partial charge in [0.2, 0.25) is 10.0 Å². The quantitative estimate of drug-likeness (QED) is 0.857. The Morgan fingerprint density at radius 2 is 1.58 bits per heavy atom. The number of hydrogen-bond donors (Lipinski definition) is 0. The van der Waals surface area contributed by atoms with E-state index >= 15 is 0 Å². The molecule has 0 unspecified atom stereocenters. The maximum absolute atomic E-state index is 12.7. The molecular formula is C18H20N2O3S. The van der Waals surface area contributed by atoms with Gasteiger partial charge in [-0.3, -0.25) is 4.79 Å². The summed E-state index contributed by atoms with van der Waals surface area (Å²) in [5.74, 6) is -0.0239. The van der Waals surface area contributed by atoms with Crippen LogP contribution in [0.4, 0.5) is 0 Å². The molecule has 2 aromatic carbocycles. The van der Waals surface area contributed by atoms with Gasteiger partial charge in [0, 0.05) is 31.7 Å². The molecule has 0 spiro atoms. The van der Waals surface area contributed by atoms with Crippen LogP contribution in [0.3, 0.4) is 0 Å². The molecule has 5 nitrogen and oxygen atoms in total. The van der Waals surface area contributed by atoms with Crippen LogP contribution >= 0.6 is 0 Å². The second-order valence-corrected chi connectivity index (χ2v) is 8.71. The number of piperazine rings is 1. The zero-order chi connectivity index (χ0) is 16.7. The highest BCUT2D eigenvalue weighted by Gasteiger charge is 2.41. The number of hydrogen-bond acceptors (Lipinski definition) is 3. The zero-order valence-electron chi connectivity index (χ0n) is 13.4. The number of fused-ring (bicyclic) bond motifs is 1. The van der Waals surface area contributed by atoms with Crippen LogP contribution in [0.5, 0.6) is 0 Å². The van der Waals surface area contributed by atoms with Crippen molar-refractivity contribution in [3.63, 3.8) is 0 Å². The molecule has 4 rings (SSSR count). The van der Waals surface area contributed by atoms with Gasteiger partial charge in [-0.1, -0.05) is 30.3 Å². The Morgan fingerprint density at radius 3 is 2.25 bits per heavy atom. The van der Waals surface area contributed by atoms with Crippen molar-refractivity contribution in [2.75, 3.05) is 26.2 Å². The fourth-order valence-corrected chi connectivity index (χ4v) is 5.05. The summed E-state index contributed by atoms with van der Waals surface area (Å²) in [5.41, 5.74) is 0.659. The lowest BCUT2D eigenvalue weighted by Gasteiger charge is -2.34. The molecule has 6 heteroatoms. The maximum atomic E-state index is 12.7. The van der Waals surface area contributed by atoms with Crippen LogP contribution in [0.15, 0.2) is 42.5 Å². The number of carbonyl (C=O) groups excluding carboxylic acids is 1. The molecule has 1 aliphatic heterocycles. The summed E-state index contributed by atoms with van der Waals surface area (Å²) in [5, 5.41) is 1.97. The van der Waals surface area contributed by atoms with E-state index < -0.39 is 10.0 Å². The van der Waals surface area contributed by atoms with Crippen molar-refractivity contribution in [2.45, 2.75) is 18.1 Å². The number of rotatable bonds is 3. The van der Waals surface area contributed by atoms with Crippen LogP contribution in [-0.4, -0.2) is 55.0 Å². The smallest absolute Gasteiger partial charge is 0.253 e. The highest BCUT2D eigenvalue weighted by molar-refractivity contribution is 7.90. The normalized spacial score (nSPS) is 19.6. The molecule has 0 N–H and O–H groups in total. The van der Waals surface area contributed by atoms with Gasteiger partial charge >= 0.3 is 0 Å². The summed E-state index contributed by atoms with van der Waals surface area (Å²) in [7, 11) is -3.14. The van der Waals surface area contributed by atoms with Gasteiger partial charge in [0.15, 0.2) is 0 Å². The Morgan fingerprint density at radius 1 is 0.917 bits per heavy atom. The minimum absolute atomic E-state index is 0.0239. The van der Waals surface area contributed by atoms with Crippen molar-refractivity contribution in [3.05, 3.63) is 48.0 Å². The van der Waals surface area contributed by atoms with Crippen molar-refractivity contribution < 1.29 is 13.2 Å². The van der Waals surface area contributed by atoms with Gasteiger partial charge < -0.3 is 4.90 Å². The lowest BCUT2D eigenvalue weighted by atomic mass is 10.1. The number of benzene rings is 2. The van der Waals surface area contributed by atoms with Crippen LogP contribution in [0.25, 0.3) is 10.8 Å². The van der Waals surface area contributed by atoms with E-state index in [-0.39, 0.29) is 11.2 Å². The molecule has 0 atom stereocenters. The average Bonchev–Trinajstić information content (AvgIpc) is 3.46. The van der Waals surface area contributed by atoms with E-state index in [2.05, 4.69) is 0 Å². The summed E-state index contributed by atoms with van der Waals surface area (Å²) < 4.78 is 26.1. The molecule has 0 radical (unpaired) electrons. The molecule has 2 aromatic rings. The summed E-state index contributed by atoms with van der Waals surface area (Å²) in [6.45, 7) is 1.71. The molecule has 126 valence electrons. The highest BCUT2D eigenvalue weighted by atomic mass is 32.2. The van der Waals surface area contributed by atoms with Crippen molar-refractivity contribution in [1.82, 2.24) is 9.21 Å². The van der Waals surface area contributed by atoms with Crippen LogP contribution in [0.2, 0.25) is 0 Å². The molecular weight excluding hydrogens is 324 g/mol. The van der Waals surface area contributed by atoms with E-state index in [0.717, 1.165) is 23.6 Å². The Labute approximate surface area is 141 Å². The van der Waals surface area contributed by atoms with Crippen LogP contribution in [-0.2, 0) is 10.0 Å². The summed E-state index contributed by atoms with van der Waals surface area (Å²) in [6, 6.07) is 13.7. The molecule has 1 aliphatic carbocycles. The second kappa shape index (κ2) is 5.86.